The van der Waals surface area contributed by atoms with Crippen LogP contribution in [0.25, 0.3) is 0 Å². The molecule has 2 rings (SSSR count). The van der Waals surface area contributed by atoms with Gasteiger partial charge in [0.15, 0.2) is 0 Å². The highest BCUT2D eigenvalue weighted by atomic mass is 16.3. The number of rotatable bonds is 4. The maximum atomic E-state index is 6.00. The zero-order chi connectivity index (χ0) is 11.4. The Kier molecular flexibility index (Phi) is 4.02. The lowest BCUT2D eigenvalue weighted by Gasteiger charge is -2.29. The van der Waals surface area contributed by atoms with Gasteiger partial charge in [-0.25, -0.2) is 0 Å². The fourth-order valence-electron chi connectivity index (χ4n) is 2.67. The molecule has 3 heteroatoms. The van der Waals surface area contributed by atoms with Crippen molar-refractivity contribution in [3.63, 3.8) is 0 Å². The van der Waals surface area contributed by atoms with E-state index >= 15 is 0 Å². The van der Waals surface area contributed by atoms with Crippen LogP contribution >= 0.6 is 0 Å². The summed E-state index contributed by atoms with van der Waals surface area (Å²) in [5.41, 5.74) is 6.00. The summed E-state index contributed by atoms with van der Waals surface area (Å²) in [4.78, 5) is 2.33. The Balaban J connectivity index is 1.76. The lowest BCUT2D eigenvalue weighted by atomic mass is 9.86. The first-order chi connectivity index (χ1) is 7.74. The SMILES string of the molecule is CN(Cc1ccco1)CC1CCCC(N)C1. The van der Waals surface area contributed by atoms with Crippen molar-refractivity contribution in [3.05, 3.63) is 24.2 Å². The van der Waals surface area contributed by atoms with Gasteiger partial charge in [-0.1, -0.05) is 6.42 Å². The molecule has 1 aliphatic rings. The molecule has 0 amide bonds. The lowest BCUT2D eigenvalue weighted by Crippen LogP contribution is -2.34. The molecule has 0 saturated heterocycles. The van der Waals surface area contributed by atoms with Crippen molar-refractivity contribution >= 4 is 0 Å². The average Bonchev–Trinajstić information content (AvgIpc) is 2.70. The van der Waals surface area contributed by atoms with Gasteiger partial charge in [0, 0.05) is 12.6 Å². The highest BCUT2D eigenvalue weighted by Crippen LogP contribution is 2.24. The van der Waals surface area contributed by atoms with Gasteiger partial charge in [-0.05, 0) is 44.4 Å². The second-order valence-electron chi connectivity index (χ2n) is 5.07. The molecule has 1 aliphatic carbocycles. The Hall–Kier alpha value is -0.800. The van der Waals surface area contributed by atoms with E-state index in [1.807, 2.05) is 12.1 Å². The van der Waals surface area contributed by atoms with Gasteiger partial charge in [-0.15, -0.1) is 0 Å². The monoisotopic (exact) mass is 222 g/mol. The normalized spacial score (nSPS) is 26.2. The first-order valence-electron chi connectivity index (χ1n) is 6.20. The molecule has 0 aromatic carbocycles. The molecule has 1 aromatic heterocycles. The number of nitrogens with zero attached hydrogens (tertiary/aromatic N) is 1. The fraction of sp³-hybridized carbons (Fsp3) is 0.692. The van der Waals surface area contributed by atoms with Crippen molar-refractivity contribution in [2.45, 2.75) is 38.3 Å². The van der Waals surface area contributed by atoms with E-state index in [-0.39, 0.29) is 0 Å². The third-order valence-electron chi connectivity index (χ3n) is 3.40. The second-order valence-corrected chi connectivity index (χ2v) is 5.07. The van der Waals surface area contributed by atoms with Gasteiger partial charge in [-0.3, -0.25) is 4.90 Å². The van der Waals surface area contributed by atoms with Crippen LogP contribution in [-0.4, -0.2) is 24.5 Å². The van der Waals surface area contributed by atoms with Crippen molar-refractivity contribution in [2.24, 2.45) is 11.7 Å². The predicted octanol–water partition coefficient (Wildman–Crippen LogP) is 2.23. The van der Waals surface area contributed by atoms with E-state index in [9.17, 15) is 0 Å². The van der Waals surface area contributed by atoms with Crippen LogP contribution in [0.2, 0.25) is 0 Å². The summed E-state index contributed by atoms with van der Waals surface area (Å²) in [6.07, 6.45) is 6.75. The van der Waals surface area contributed by atoms with Gasteiger partial charge in [0.1, 0.15) is 5.76 Å². The van der Waals surface area contributed by atoms with Gasteiger partial charge < -0.3 is 10.2 Å². The summed E-state index contributed by atoms with van der Waals surface area (Å²) < 4.78 is 5.35. The van der Waals surface area contributed by atoms with E-state index in [0.29, 0.717) is 6.04 Å². The summed E-state index contributed by atoms with van der Waals surface area (Å²) in [6, 6.07) is 4.40. The van der Waals surface area contributed by atoms with Crippen molar-refractivity contribution in [1.29, 1.82) is 0 Å². The lowest BCUT2D eigenvalue weighted by molar-refractivity contribution is 0.206. The van der Waals surface area contributed by atoms with E-state index in [1.165, 1.54) is 25.7 Å². The van der Waals surface area contributed by atoms with Crippen LogP contribution in [0, 0.1) is 5.92 Å². The van der Waals surface area contributed by atoms with E-state index in [4.69, 9.17) is 10.2 Å². The minimum Gasteiger partial charge on any atom is -0.468 e. The minimum absolute atomic E-state index is 0.427. The summed E-state index contributed by atoms with van der Waals surface area (Å²) in [5.74, 6) is 1.81. The molecule has 0 spiro atoms. The maximum Gasteiger partial charge on any atom is 0.117 e. The molecule has 0 radical (unpaired) electrons. The van der Waals surface area contributed by atoms with Crippen molar-refractivity contribution in [3.8, 4) is 0 Å². The standard InChI is InChI=1S/C13H22N2O/c1-15(10-13-6-3-7-16-13)9-11-4-2-5-12(14)8-11/h3,6-7,11-12H,2,4-5,8-10,14H2,1H3. The molecule has 1 fully saturated rings. The molecule has 0 aliphatic heterocycles. The van der Waals surface area contributed by atoms with Gasteiger partial charge in [0.05, 0.1) is 12.8 Å². The molecule has 2 N–H and O–H groups in total. The molecule has 1 heterocycles. The Bertz CT molecular complexity index is 297. The Labute approximate surface area is 97.6 Å². The van der Waals surface area contributed by atoms with Crippen LogP contribution in [0.15, 0.2) is 22.8 Å². The summed E-state index contributed by atoms with van der Waals surface area (Å²) in [6.45, 7) is 2.03. The van der Waals surface area contributed by atoms with Crippen molar-refractivity contribution in [1.82, 2.24) is 4.90 Å². The quantitative estimate of drug-likeness (QED) is 0.849. The van der Waals surface area contributed by atoms with Gasteiger partial charge in [-0.2, -0.15) is 0 Å². The smallest absolute Gasteiger partial charge is 0.117 e. The Morgan fingerprint density at radius 2 is 2.38 bits per heavy atom. The van der Waals surface area contributed by atoms with Crippen LogP contribution in [0.3, 0.4) is 0 Å². The number of nitrogens with two attached hydrogens (primary N) is 1. The Morgan fingerprint density at radius 1 is 1.50 bits per heavy atom. The first-order valence-corrected chi connectivity index (χ1v) is 6.20. The van der Waals surface area contributed by atoms with E-state index in [0.717, 1.165) is 24.8 Å². The van der Waals surface area contributed by atoms with Crippen LogP contribution in [0.4, 0.5) is 0 Å². The molecule has 1 aromatic rings. The number of furan rings is 1. The van der Waals surface area contributed by atoms with E-state index in [1.54, 1.807) is 6.26 Å². The average molecular weight is 222 g/mol. The third kappa shape index (κ3) is 3.35. The first kappa shape index (κ1) is 11.7. The Morgan fingerprint density at radius 3 is 3.06 bits per heavy atom. The van der Waals surface area contributed by atoms with Crippen molar-refractivity contribution < 1.29 is 4.42 Å². The fourth-order valence-corrected chi connectivity index (χ4v) is 2.67. The molecule has 0 bridgehead atoms. The highest BCUT2D eigenvalue weighted by molar-refractivity contribution is 4.97. The molecule has 3 nitrogen and oxygen atoms in total. The molecular formula is C13H22N2O. The highest BCUT2D eigenvalue weighted by Gasteiger charge is 2.20. The zero-order valence-corrected chi connectivity index (χ0v) is 10.1. The summed E-state index contributed by atoms with van der Waals surface area (Å²) in [7, 11) is 2.16. The van der Waals surface area contributed by atoms with E-state index in [2.05, 4.69) is 11.9 Å². The van der Waals surface area contributed by atoms with Crippen LogP contribution < -0.4 is 5.73 Å². The summed E-state index contributed by atoms with van der Waals surface area (Å²) in [5, 5.41) is 0. The molecule has 90 valence electrons. The predicted molar refractivity (Wildman–Crippen MR) is 65.0 cm³/mol. The molecule has 1 saturated carbocycles. The second kappa shape index (κ2) is 5.51. The molecular weight excluding hydrogens is 200 g/mol. The van der Waals surface area contributed by atoms with Crippen LogP contribution in [0.5, 0.6) is 0 Å². The molecule has 2 atom stereocenters. The van der Waals surface area contributed by atoms with Crippen LogP contribution in [-0.2, 0) is 6.54 Å². The van der Waals surface area contributed by atoms with Crippen molar-refractivity contribution in [2.75, 3.05) is 13.6 Å². The largest absolute Gasteiger partial charge is 0.468 e. The third-order valence-corrected chi connectivity index (χ3v) is 3.40. The zero-order valence-electron chi connectivity index (χ0n) is 10.1. The van der Waals surface area contributed by atoms with Crippen LogP contribution in [0.1, 0.15) is 31.4 Å². The minimum atomic E-state index is 0.427. The maximum absolute atomic E-state index is 6.00. The summed E-state index contributed by atoms with van der Waals surface area (Å²) >= 11 is 0. The molecule has 16 heavy (non-hydrogen) atoms. The topological polar surface area (TPSA) is 42.4 Å². The van der Waals surface area contributed by atoms with Gasteiger partial charge >= 0.3 is 0 Å². The molecule has 2 unspecified atom stereocenters. The van der Waals surface area contributed by atoms with Gasteiger partial charge in [0.25, 0.3) is 0 Å². The van der Waals surface area contributed by atoms with Gasteiger partial charge in [0.2, 0.25) is 0 Å². The number of hydrogen-bond acceptors (Lipinski definition) is 3. The number of hydrogen-bond donors (Lipinski definition) is 1. The van der Waals surface area contributed by atoms with E-state index < -0.39 is 0 Å².